The molecule has 0 aliphatic heterocycles. The molecule has 0 atom stereocenters. The van der Waals surface area contributed by atoms with Crippen molar-refractivity contribution in [3.05, 3.63) is 77.0 Å². The van der Waals surface area contributed by atoms with Crippen molar-refractivity contribution < 1.29 is 18.7 Å². The number of amides is 2. The van der Waals surface area contributed by atoms with Crippen LogP contribution in [0.3, 0.4) is 0 Å². The maximum atomic E-state index is 12.2. The quantitative estimate of drug-likeness (QED) is 0.0973. The molecule has 0 saturated carbocycles. The Hall–Kier alpha value is -6.16. The monoisotopic (exact) mass is 680 g/mol. The number of nitrogens with zero attached hydrogens (tertiary/aromatic N) is 7. The van der Waals surface area contributed by atoms with E-state index in [1.54, 1.807) is 31.2 Å². The lowest BCUT2D eigenvalue weighted by Crippen LogP contribution is -2.14. The number of hydrogen-bond donors (Lipinski definition) is 5. The standard InChI is InChI=1S/C34H40N12O4/c1-5-23-32(50-20(4)38-23)42-34-40-25-17-22(31(37)48)18-27(49-14-11-35)29(25)45(34)13-8-7-12-44-26-10-9-21(30(36)47)16-24(26)39-33(44)41-28-15-19(3)43-46(28)6-2/h7-10,15-18H,5-6,11-14,35H2,1-4H3,(H2,36,47)(H2,37,48)(H,39,41)(H,40,42)/b8-7+. The van der Waals surface area contributed by atoms with Crippen LogP contribution in [0, 0.1) is 13.8 Å². The number of carbonyl (C=O) groups is 2. The number of nitrogens with two attached hydrogens (primary N) is 3. The molecule has 16 heteroatoms. The molecule has 0 radical (unpaired) electrons. The van der Waals surface area contributed by atoms with E-state index in [0.717, 1.165) is 22.7 Å². The number of nitrogens with one attached hydrogen (secondary N) is 2. The Labute approximate surface area is 287 Å². The first-order valence-electron chi connectivity index (χ1n) is 16.3. The number of primary amides is 2. The van der Waals surface area contributed by atoms with E-state index in [2.05, 4.69) is 20.7 Å². The number of aryl methyl sites for hydroxylation is 4. The molecule has 4 aromatic heterocycles. The number of ether oxygens (including phenoxy) is 1. The van der Waals surface area contributed by atoms with Gasteiger partial charge < -0.3 is 40.8 Å². The van der Waals surface area contributed by atoms with Gasteiger partial charge in [-0.3, -0.25) is 14.9 Å². The van der Waals surface area contributed by atoms with Crippen molar-refractivity contribution in [3.8, 4) is 5.75 Å². The van der Waals surface area contributed by atoms with Gasteiger partial charge in [-0.15, -0.1) is 0 Å². The maximum absolute atomic E-state index is 12.2. The van der Waals surface area contributed by atoms with Gasteiger partial charge in [-0.05, 0) is 50.6 Å². The van der Waals surface area contributed by atoms with Crippen molar-refractivity contribution >= 4 is 57.5 Å². The molecule has 8 N–H and O–H groups in total. The average molecular weight is 681 g/mol. The molecule has 0 saturated heterocycles. The molecule has 16 nitrogen and oxygen atoms in total. The minimum Gasteiger partial charge on any atom is -0.490 e. The minimum atomic E-state index is -0.607. The van der Waals surface area contributed by atoms with Crippen molar-refractivity contribution in [2.75, 3.05) is 23.8 Å². The first-order chi connectivity index (χ1) is 24.1. The molecule has 260 valence electrons. The molecular formula is C34H40N12O4. The molecule has 6 rings (SSSR count). The molecule has 4 heterocycles. The van der Waals surface area contributed by atoms with E-state index in [9.17, 15) is 9.59 Å². The van der Waals surface area contributed by atoms with Gasteiger partial charge in [0.2, 0.25) is 29.6 Å². The van der Waals surface area contributed by atoms with Gasteiger partial charge in [0, 0.05) is 50.3 Å². The van der Waals surface area contributed by atoms with E-state index >= 15 is 0 Å². The molecule has 0 unspecified atom stereocenters. The second kappa shape index (κ2) is 14.1. The molecular weight excluding hydrogens is 640 g/mol. The van der Waals surface area contributed by atoms with E-state index in [-0.39, 0.29) is 18.7 Å². The number of oxazole rings is 1. The summed E-state index contributed by atoms with van der Waals surface area (Å²) in [6, 6.07) is 10.4. The fourth-order valence-corrected chi connectivity index (χ4v) is 5.76. The van der Waals surface area contributed by atoms with Gasteiger partial charge in [0.25, 0.3) is 0 Å². The summed E-state index contributed by atoms with van der Waals surface area (Å²) in [7, 11) is 0. The van der Waals surface area contributed by atoms with Crippen LogP contribution in [0.15, 0.2) is 53.0 Å². The van der Waals surface area contributed by atoms with Gasteiger partial charge in [0.05, 0.1) is 22.2 Å². The van der Waals surface area contributed by atoms with E-state index in [0.29, 0.717) is 77.6 Å². The molecule has 0 fully saturated rings. The number of aromatic nitrogens is 7. The highest BCUT2D eigenvalue weighted by Crippen LogP contribution is 2.33. The Balaban J connectivity index is 1.39. The van der Waals surface area contributed by atoms with Crippen LogP contribution in [0.5, 0.6) is 5.75 Å². The zero-order valence-corrected chi connectivity index (χ0v) is 28.4. The summed E-state index contributed by atoms with van der Waals surface area (Å²) in [6.45, 7) is 9.65. The van der Waals surface area contributed by atoms with Crippen molar-refractivity contribution in [2.45, 2.75) is 53.8 Å². The largest absolute Gasteiger partial charge is 0.490 e. The number of allylic oxidation sites excluding steroid dienone is 2. The Bertz CT molecular complexity index is 2240. The summed E-state index contributed by atoms with van der Waals surface area (Å²) in [5.74, 6) is 2.08. The van der Waals surface area contributed by atoms with Crippen LogP contribution < -0.4 is 32.6 Å². The zero-order valence-electron chi connectivity index (χ0n) is 28.4. The van der Waals surface area contributed by atoms with Gasteiger partial charge in [0.15, 0.2) is 5.89 Å². The highest BCUT2D eigenvalue weighted by atomic mass is 16.5. The Kier molecular flexibility index (Phi) is 9.54. The predicted molar refractivity (Wildman–Crippen MR) is 190 cm³/mol. The summed E-state index contributed by atoms with van der Waals surface area (Å²) < 4.78 is 17.7. The fourth-order valence-electron chi connectivity index (χ4n) is 5.76. The van der Waals surface area contributed by atoms with E-state index < -0.39 is 11.8 Å². The third-order valence-electron chi connectivity index (χ3n) is 8.05. The zero-order chi connectivity index (χ0) is 35.5. The summed E-state index contributed by atoms with van der Waals surface area (Å²) >= 11 is 0. The molecule has 0 aliphatic rings. The van der Waals surface area contributed by atoms with Crippen molar-refractivity contribution in [1.82, 2.24) is 33.9 Å². The third-order valence-corrected chi connectivity index (χ3v) is 8.05. The topological polar surface area (TPSA) is 225 Å². The number of hydrogen-bond acceptors (Lipinski definition) is 11. The van der Waals surface area contributed by atoms with Crippen LogP contribution in [0.2, 0.25) is 0 Å². The lowest BCUT2D eigenvalue weighted by molar-refractivity contribution is 0.0992. The second-order valence-corrected chi connectivity index (χ2v) is 11.6. The molecule has 0 bridgehead atoms. The fraction of sp³-hybridized carbons (Fsp3) is 0.294. The van der Waals surface area contributed by atoms with E-state index in [1.807, 2.05) is 58.9 Å². The SMILES string of the molecule is CCc1nc(C)oc1Nc1nc2cc(C(N)=O)cc(OCCN)c2n1C/C=C/Cn1c(Nc2cc(C)nn2CC)nc2cc(C(N)=O)ccc21. The van der Waals surface area contributed by atoms with Crippen molar-refractivity contribution in [3.63, 3.8) is 0 Å². The maximum Gasteiger partial charge on any atom is 0.248 e. The number of imidazole rings is 2. The van der Waals surface area contributed by atoms with E-state index in [4.69, 9.17) is 36.3 Å². The van der Waals surface area contributed by atoms with Gasteiger partial charge >= 0.3 is 0 Å². The van der Waals surface area contributed by atoms with E-state index in [1.165, 1.54) is 0 Å². The van der Waals surface area contributed by atoms with Crippen LogP contribution in [-0.4, -0.2) is 58.8 Å². The number of fused-ring (bicyclic) bond motifs is 2. The third kappa shape index (κ3) is 6.73. The first-order valence-corrected chi connectivity index (χ1v) is 16.3. The Morgan fingerprint density at radius 3 is 2.30 bits per heavy atom. The molecule has 0 spiro atoms. The lowest BCUT2D eigenvalue weighted by atomic mass is 10.1. The highest BCUT2D eigenvalue weighted by Gasteiger charge is 2.21. The number of benzene rings is 2. The van der Waals surface area contributed by atoms with Crippen molar-refractivity contribution in [1.29, 1.82) is 0 Å². The number of anilines is 4. The summed E-state index contributed by atoms with van der Waals surface area (Å²) in [4.78, 5) is 38.2. The van der Waals surface area contributed by atoms with Crippen LogP contribution >= 0.6 is 0 Å². The van der Waals surface area contributed by atoms with Gasteiger partial charge in [-0.25, -0.2) is 19.6 Å². The van der Waals surface area contributed by atoms with Gasteiger partial charge in [0.1, 0.15) is 29.4 Å². The number of rotatable bonds is 15. The minimum absolute atomic E-state index is 0.222. The predicted octanol–water partition coefficient (Wildman–Crippen LogP) is 4.05. The van der Waals surface area contributed by atoms with Crippen molar-refractivity contribution in [2.24, 2.45) is 17.2 Å². The second-order valence-electron chi connectivity index (χ2n) is 11.6. The van der Waals surface area contributed by atoms with Crippen LogP contribution in [0.4, 0.5) is 23.6 Å². The molecule has 2 aromatic carbocycles. The smallest absolute Gasteiger partial charge is 0.248 e. The molecule has 6 aromatic rings. The van der Waals surface area contributed by atoms with Gasteiger partial charge in [-0.2, -0.15) is 5.10 Å². The summed E-state index contributed by atoms with van der Waals surface area (Å²) in [5, 5.41) is 11.3. The molecule has 50 heavy (non-hydrogen) atoms. The van der Waals surface area contributed by atoms with Crippen LogP contribution in [-0.2, 0) is 26.1 Å². The van der Waals surface area contributed by atoms with Crippen LogP contribution in [0.1, 0.15) is 51.8 Å². The number of carbonyl (C=O) groups excluding carboxylic acids is 2. The average Bonchev–Trinajstić information content (AvgIpc) is 3.83. The van der Waals surface area contributed by atoms with Gasteiger partial charge in [-0.1, -0.05) is 19.1 Å². The lowest BCUT2D eigenvalue weighted by Gasteiger charge is -2.12. The molecule has 2 amide bonds. The van der Waals surface area contributed by atoms with Crippen LogP contribution in [0.25, 0.3) is 22.1 Å². The Morgan fingerprint density at radius 2 is 1.60 bits per heavy atom. The molecule has 0 aliphatic carbocycles. The Morgan fingerprint density at radius 1 is 0.900 bits per heavy atom. The normalized spacial score (nSPS) is 11.6. The first kappa shape index (κ1) is 33.7. The summed E-state index contributed by atoms with van der Waals surface area (Å²) in [5.41, 5.74) is 21.8. The summed E-state index contributed by atoms with van der Waals surface area (Å²) in [6.07, 6.45) is 4.63. The highest BCUT2D eigenvalue weighted by molar-refractivity contribution is 5.99.